The lowest BCUT2D eigenvalue weighted by Crippen LogP contribution is -2.40. The number of hydrogen-bond acceptors (Lipinski definition) is 2. The van der Waals surface area contributed by atoms with Crippen molar-refractivity contribution in [2.24, 2.45) is 11.3 Å². The minimum atomic E-state index is -0.754. The van der Waals surface area contributed by atoms with Crippen LogP contribution in [0.25, 0.3) is 0 Å². The lowest BCUT2D eigenvalue weighted by Gasteiger charge is -2.38. The lowest BCUT2D eigenvalue weighted by molar-refractivity contribution is -0.149. The van der Waals surface area contributed by atoms with Crippen LogP contribution in [0.4, 0.5) is 0 Å². The van der Waals surface area contributed by atoms with Crippen molar-refractivity contribution in [1.82, 2.24) is 0 Å². The van der Waals surface area contributed by atoms with Crippen molar-refractivity contribution < 1.29 is 14.6 Å². The van der Waals surface area contributed by atoms with Crippen LogP contribution in [0.3, 0.4) is 0 Å². The van der Waals surface area contributed by atoms with Crippen molar-refractivity contribution >= 4 is 5.97 Å². The van der Waals surface area contributed by atoms with E-state index in [0.29, 0.717) is 13.0 Å². The maximum Gasteiger partial charge on any atom is 0.314 e. The zero-order valence-electron chi connectivity index (χ0n) is 11.8. The average Bonchev–Trinajstić information content (AvgIpc) is 2.27. The third-order valence-corrected chi connectivity index (χ3v) is 3.78. The minimum absolute atomic E-state index is 0.0404. The van der Waals surface area contributed by atoms with E-state index in [1.54, 1.807) is 7.11 Å². The fourth-order valence-corrected chi connectivity index (χ4v) is 3.11. The fourth-order valence-electron chi connectivity index (χ4n) is 3.11. The summed E-state index contributed by atoms with van der Waals surface area (Å²) in [5.41, 5.74) is 1.45. The fraction of sp³-hybridized carbons (Fsp3) is 0.667. The summed E-state index contributed by atoms with van der Waals surface area (Å²) in [5.74, 6) is -0.671. The molecule has 3 heteroatoms. The molecule has 0 heterocycles. The van der Waals surface area contributed by atoms with Gasteiger partial charge in [0, 0.05) is 19.6 Å². The van der Waals surface area contributed by atoms with E-state index in [1.165, 1.54) is 0 Å². The molecule has 1 N–H and O–H groups in total. The Balaban J connectivity index is 3.15. The summed E-state index contributed by atoms with van der Waals surface area (Å²) in [5, 5.41) is 9.71. The predicted octanol–water partition coefficient (Wildman–Crippen LogP) is 3.42. The van der Waals surface area contributed by atoms with Gasteiger partial charge >= 0.3 is 5.97 Å². The molecule has 1 rings (SSSR count). The summed E-state index contributed by atoms with van der Waals surface area (Å²) in [6.45, 7) is 6.64. The summed E-state index contributed by atoms with van der Waals surface area (Å²) in [6.07, 6.45) is 6.34. The van der Waals surface area contributed by atoms with E-state index < -0.39 is 11.4 Å². The standard InChI is InChI=1S/C15H24O3/c1-5-7-15(14(16)17)10-11(2)9-12(3)13(15)6-8-18-4/h9-10,13H,5-8H2,1-4H3,(H,16,17). The quantitative estimate of drug-likeness (QED) is 0.788. The van der Waals surface area contributed by atoms with Crippen molar-refractivity contribution in [3.8, 4) is 0 Å². The van der Waals surface area contributed by atoms with Gasteiger partial charge < -0.3 is 9.84 Å². The molecule has 0 radical (unpaired) electrons. The number of ether oxygens (including phenoxy) is 1. The molecule has 1 aliphatic carbocycles. The molecule has 2 atom stereocenters. The van der Waals surface area contributed by atoms with E-state index in [1.807, 2.05) is 26.8 Å². The van der Waals surface area contributed by atoms with Crippen LogP contribution < -0.4 is 0 Å². The summed E-state index contributed by atoms with van der Waals surface area (Å²) in [4.78, 5) is 11.8. The molecule has 0 bridgehead atoms. The third kappa shape index (κ3) is 2.83. The maximum absolute atomic E-state index is 11.8. The number of hydrogen-bond donors (Lipinski definition) is 1. The molecule has 0 aromatic carbocycles. The molecule has 1 aliphatic rings. The van der Waals surface area contributed by atoms with E-state index in [0.717, 1.165) is 24.0 Å². The molecule has 18 heavy (non-hydrogen) atoms. The Kier molecular flexibility index (Phi) is 5.15. The number of aliphatic carboxylic acids is 1. The highest BCUT2D eigenvalue weighted by atomic mass is 16.5. The number of rotatable bonds is 6. The second kappa shape index (κ2) is 6.19. The Morgan fingerprint density at radius 2 is 2.17 bits per heavy atom. The van der Waals surface area contributed by atoms with Gasteiger partial charge in [0.1, 0.15) is 0 Å². The van der Waals surface area contributed by atoms with E-state index in [2.05, 4.69) is 6.08 Å². The molecule has 0 saturated heterocycles. The van der Waals surface area contributed by atoms with E-state index >= 15 is 0 Å². The lowest BCUT2D eigenvalue weighted by atomic mass is 9.64. The van der Waals surface area contributed by atoms with Crippen LogP contribution in [0.15, 0.2) is 23.3 Å². The molecule has 0 aromatic heterocycles. The Hall–Kier alpha value is -1.09. The summed E-state index contributed by atoms with van der Waals surface area (Å²) < 4.78 is 5.13. The Labute approximate surface area is 110 Å². The number of methoxy groups -OCH3 is 1. The van der Waals surface area contributed by atoms with Gasteiger partial charge in [0.15, 0.2) is 0 Å². The van der Waals surface area contributed by atoms with Crippen LogP contribution in [0.1, 0.15) is 40.0 Å². The number of carboxylic acid groups (broad SMARTS) is 1. The van der Waals surface area contributed by atoms with Gasteiger partial charge in [0.2, 0.25) is 0 Å². The molecular weight excluding hydrogens is 228 g/mol. The topological polar surface area (TPSA) is 46.5 Å². The SMILES string of the molecule is CCCC1(C(=O)O)C=C(C)C=C(C)C1CCOC. The molecule has 102 valence electrons. The number of allylic oxidation sites excluding steroid dienone is 3. The molecule has 0 saturated carbocycles. The first-order chi connectivity index (χ1) is 8.47. The summed E-state index contributed by atoms with van der Waals surface area (Å²) in [6, 6.07) is 0. The second-order valence-corrected chi connectivity index (χ2v) is 5.21. The second-order valence-electron chi connectivity index (χ2n) is 5.21. The van der Waals surface area contributed by atoms with Crippen molar-refractivity contribution in [2.75, 3.05) is 13.7 Å². The zero-order chi connectivity index (χ0) is 13.8. The maximum atomic E-state index is 11.8. The summed E-state index contributed by atoms with van der Waals surface area (Å²) >= 11 is 0. The highest BCUT2D eigenvalue weighted by molar-refractivity contribution is 5.79. The monoisotopic (exact) mass is 252 g/mol. The number of carbonyl (C=O) groups is 1. The first-order valence-corrected chi connectivity index (χ1v) is 6.58. The molecule has 0 aromatic rings. The molecule has 3 nitrogen and oxygen atoms in total. The van der Waals surface area contributed by atoms with E-state index in [4.69, 9.17) is 4.74 Å². The van der Waals surface area contributed by atoms with Gasteiger partial charge in [-0.1, -0.05) is 36.6 Å². The van der Waals surface area contributed by atoms with Crippen LogP contribution in [0.2, 0.25) is 0 Å². The van der Waals surface area contributed by atoms with Crippen molar-refractivity contribution in [1.29, 1.82) is 0 Å². The minimum Gasteiger partial charge on any atom is -0.481 e. The molecule has 0 aliphatic heterocycles. The van der Waals surface area contributed by atoms with Gasteiger partial charge in [0.05, 0.1) is 5.41 Å². The highest BCUT2D eigenvalue weighted by Crippen LogP contribution is 2.45. The first-order valence-electron chi connectivity index (χ1n) is 6.58. The van der Waals surface area contributed by atoms with Crippen molar-refractivity contribution in [3.05, 3.63) is 23.3 Å². The van der Waals surface area contributed by atoms with Gasteiger partial charge in [-0.05, 0) is 26.7 Å². The van der Waals surface area contributed by atoms with Gasteiger partial charge in [-0.15, -0.1) is 0 Å². The van der Waals surface area contributed by atoms with Crippen molar-refractivity contribution in [3.63, 3.8) is 0 Å². The Morgan fingerprint density at radius 1 is 1.50 bits per heavy atom. The Bertz CT molecular complexity index is 368. The molecular formula is C15H24O3. The number of carboxylic acids is 1. The molecule has 2 unspecified atom stereocenters. The van der Waals surface area contributed by atoms with Crippen LogP contribution in [0.5, 0.6) is 0 Å². The van der Waals surface area contributed by atoms with Crippen LogP contribution in [0, 0.1) is 11.3 Å². The smallest absolute Gasteiger partial charge is 0.314 e. The predicted molar refractivity (Wildman–Crippen MR) is 72.5 cm³/mol. The summed E-state index contributed by atoms with van der Waals surface area (Å²) in [7, 11) is 1.66. The van der Waals surface area contributed by atoms with Crippen LogP contribution >= 0.6 is 0 Å². The Morgan fingerprint density at radius 3 is 2.67 bits per heavy atom. The average molecular weight is 252 g/mol. The van der Waals surface area contributed by atoms with Gasteiger partial charge in [-0.3, -0.25) is 4.79 Å². The zero-order valence-corrected chi connectivity index (χ0v) is 11.8. The largest absolute Gasteiger partial charge is 0.481 e. The highest BCUT2D eigenvalue weighted by Gasteiger charge is 2.45. The van der Waals surface area contributed by atoms with E-state index in [-0.39, 0.29) is 5.92 Å². The first kappa shape index (κ1) is 15.0. The van der Waals surface area contributed by atoms with Gasteiger partial charge in [0.25, 0.3) is 0 Å². The van der Waals surface area contributed by atoms with Gasteiger partial charge in [-0.25, -0.2) is 0 Å². The van der Waals surface area contributed by atoms with Crippen LogP contribution in [-0.2, 0) is 9.53 Å². The van der Waals surface area contributed by atoms with Crippen molar-refractivity contribution in [2.45, 2.75) is 40.0 Å². The normalized spacial score (nSPS) is 27.7. The van der Waals surface area contributed by atoms with Crippen LogP contribution in [-0.4, -0.2) is 24.8 Å². The molecule has 0 fully saturated rings. The molecule has 0 amide bonds. The van der Waals surface area contributed by atoms with E-state index in [9.17, 15) is 9.90 Å². The van der Waals surface area contributed by atoms with Gasteiger partial charge in [-0.2, -0.15) is 0 Å². The third-order valence-electron chi connectivity index (χ3n) is 3.78. The molecule has 0 spiro atoms.